The van der Waals surface area contributed by atoms with E-state index in [4.69, 9.17) is 28.5 Å². The monoisotopic (exact) mass is 291 g/mol. The zero-order valence-electron chi connectivity index (χ0n) is 10.2. The van der Waals surface area contributed by atoms with Gasteiger partial charge in [-0.15, -0.1) is 0 Å². The molecule has 0 amide bonds. The summed E-state index contributed by atoms with van der Waals surface area (Å²) in [5.74, 6) is 0.554. The summed E-state index contributed by atoms with van der Waals surface area (Å²) in [4.78, 5) is 4.43. The fourth-order valence-electron chi connectivity index (χ4n) is 1.70. The maximum atomic E-state index is 9.03. The van der Waals surface area contributed by atoms with Gasteiger partial charge in [-0.2, -0.15) is 5.26 Å². The first kappa shape index (κ1) is 13.7. The zero-order chi connectivity index (χ0) is 13.8. The summed E-state index contributed by atoms with van der Waals surface area (Å²) in [6.45, 7) is 2.64. The van der Waals surface area contributed by atoms with Crippen LogP contribution in [0, 0.1) is 11.3 Å². The molecule has 0 saturated heterocycles. The van der Waals surface area contributed by atoms with Crippen LogP contribution < -0.4 is 5.32 Å². The number of aromatic nitrogens is 1. The van der Waals surface area contributed by atoms with Crippen LogP contribution in [0.15, 0.2) is 30.3 Å². The third-order valence-electron chi connectivity index (χ3n) is 2.59. The van der Waals surface area contributed by atoms with Crippen LogP contribution in [-0.2, 0) is 0 Å². The lowest BCUT2D eigenvalue weighted by atomic mass is 10.1. The predicted molar refractivity (Wildman–Crippen MR) is 78.6 cm³/mol. The number of halogens is 2. The van der Waals surface area contributed by atoms with Gasteiger partial charge in [0.25, 0.3) is 0 Å². The van der Waals surface area contributed by atoms with Crippen molar-refractivity contribution in [3.63, 3.8) is 0 Å². The molecule has 96 valence electrons. The Morgan fingerprint density at radius 1 is 1.26 bits per heavy atom. The molecule has 2 aromatic rings. The molecule has 2 rings (SSSR count). The lowest BCUT2D eigenvalue weighted by Crippen LogP contribution is -2.02. The first-order valence-corrected chi connectivity index (χ1v) is 6.52. The molecule has 0 unspecified atom stereocenters. The Morgan fingerprint density at radius 3 is 2.74 bits per heavy atom. The van der Waals surface area contributed by atoms with Crippen molar-refractivity contribution >= 4 is 29.0 Å². The van der Waals surface area contributed by atoms with Crippen molar-refractivity contribution in [1.29, 1.82) is 5.26 Å². The van der Waals surface area contributed by atoms with Crippen molar-refractivity contribution in [3.05, 3.63) is 45.9 Å². The minimum Gasteiger partial charge on any atom is -0.369 e. The van der Waals surface area contributed by atoms with Crippen LogP contribution in [-0.4, -0.2) is 11.5 Å². The predicted octanol–water partition coefficient (Wildman–Crippen LogP) is 4.36. The Balaban J connectivity index is 2.55. The number of pyridine rings is 1. The zero-order valence-corrected chi connectivity index (χ0v) is 11.8. The highest BCUT2D eigenvalue weighted by atomic mass is 35.5. The summed E-state index contributed by atoms with van der Waals surface area (Å²) in [6.07, 6.45) is 0. The van der Waals surface area contributed by atoms with Gasteiger partial charge in [-0.3, -0.25) is 0 Å². The van der Waals surface area contributed by atoms with E-state index in [2.05, 4.69) is 16.4 Å². The number of hydrogen-bond donors (Lipinski definition) is 1. The summed E-state index contributed by atoms with van der Waals surface area (Å²) < 4.78 is 0. The smallest absolute Gasteiger partial charge is 0.144 e. The second kappa shape index (κ2) is 5.92. The molecule has 0 atom stereocenters. The molecule has 0 spiro atoms. The highest BCUT2D eigenvalue weighted by Gasteiger charge is 2.10. The topological polar surface area (TPSA) is 48.7 Å². The molecule has 0 radical (unpaired) electrons. The summed E-state index contributed by atoms with van der Waals surface area (Å²) in [5.41, 5.74) is 1.93. The molecule has 1 heterocycles. The van der Waals surface area contributed by atoms with Crippen LogP contribution in [0.3, 0.4) is 0 Å². The molecule has 19 heavy (non-hydrogen) atoms. The van der Waals surface area contributed by atoms with Gasteiger partial charge in [0.15, 0.2) is 0 Å². The Kier molecular flexibility index (Phi) is 4.26. The van der Waals surface area contributed by atoms with Crippen molar-refractivity contribution < 1.29 is 0 Å². The molecule has 0 aliphatic heterocycles. The quantitative estimate of drug-likeness (QED) is 0.914. The van der Waals surface area contributed by atoms with E-state index in [9.17, 15) is 0 Å². The number of nitrogens with zero attached hydrogens (tertiary/aromatic N) is 2. The van der Waals surface area contributed by atoms with Gasteiger partial charge < -0.3 is 5.32 Å². The van der Waals surface area contributed by atoms with Crippen molar-refractivity contribution in [2.75, 3.05) is 11.9 Å². The van der Waals surface area contributed by atoms with Gasteiger partial charge >= 0.3 is 0 Å². The molecule has 1 N–H and O–H groups in total. The van der Waals surface area contributed by atoms with Crippen LogP contribution in [0.25, 0.3) is 11.3 Å². The molecule has 0 bridgehead atoms. The highest BCUT2D eigenvalue weighted by Crippen LogP contribution is 2.33. The Hall–Kier alpha value is -1.76. The van der Waals surface area contributed by atoms with E-state index in [1.54, 1.807) is 18.2 Å². The number of rotatable bonds is 3. The summed E-state index contributed by atoms with van der Waals surface area (Å²) in [7, 11) is 0. The average Bonchev–Trinajstić information content (AvgIpc) is 2.42. The molecule has 3 nitrogen and oxygen atoms in total. The number of benzene rings is 1. The third kappa shape index (κ3) is 2.81. The molecule has 0 saturated carbocycles. The first-order valence-electron chi connectivity index (χ1n) is 5.76. The van der Waals surface area contributed by atoms with Crippen LogP contribution in [0.1, 0.15) is 12.5 Å². The van der Waals surface area contributed by atoms with E-state index in [-0.39, 0.29) is 0 Å². The van der Waals surface area contributed by atoms with Gasteiger partial charge in [-0.25, -0.2) is 4.98 Å². The molecule has 5 heteroatoms. The number of hydrogen-bond acceptors (Lipinski definition) is 3. The van der Waals surface area contributed by atoms with Crippen molar-refractivity contribution in [1.82, 2.24) is 4.98 Å². The van der Waals surface area contributed by atoms with Crippen molar-refractivity contribution in [3.8, 4) is 17.3 Å². The number of nitriles is 1. The van der Waals surface area contributed by atoms with E-state index < -0.39 is 0 Å². The average molecular weight is 292 g/mol. The SMILES string of the molecule is CCNc1nc(-c2cccc(Cl)c2Cl)ccc1C#N. The Bertz CT molecular complexity index is 648. The van der Waals surface area contributed by atoms with E-state index in [0.717, 1.165) is 5.56 Å². The third-order valence-corrected chi connectivity index (χ3v) is 3.41. The first-order chi connectivity index (χ1) is 9.17. The largest absolute Gasteiger partial charge is 0.369 e. The Labute approximate surface area is 121 Å². The van der Waals surface area contributed by atoms with Gasteiger partial charge in [0.1, 0.15) is 11.9 Å². The lowest BCUT2D eigenvalue weighted by molar-refractivity contribution is 1.15. The van der Waals surface area contributed by atoms with E-state index in [1.807, 2.05) is 19.1 Å². The van der Waals surface area contributed by atoms with Gasteiger partial charge in [-0.1, -0.05) is 35.3 Å². The van der Waals surface area contributed by atoms with Crippen LogP contribution in [0.2, 0.25) is 10.0 Å². The fourth-order valence-corrected chi connectivity index (χ4v) is 2.10. The number of nitrogens with one attached hydrogen (secondary N) is 1. The normalized spacial score (nSPS) is 10.0. The minimum absolute atomic E-state index is 0.462. The second-order valence-corrected chi connectivity index (χ2v) is 4.62. The molecule has 0 aliphatic rings. The van der Waals surface area contributed by atoms with Gasteiger partial charge in [0.05, 0.1) is 21.3 Å². The summed E-state index contributed by atoms with van der Waals surface area (Å²) in [6, 6.07) is 11.0. The standard InChI is InChI=1S/C14H11Cl2N3/c1-2-18-14-9(8-17)6-7-12(19-14)10-4-3-5-11(15)13(10)16/h3-7H,2H2,1H3,(H,18,19). The maximum Gasteiger partial charge on any atom is 0.144 e. The summed E-state index contributed by atoms with van der Waals surface area (Å²) >= 11 is 12.2. The minimum atomic E-state index is 0.462. The van der Waals surface area contributed by atoms with Gasteiger partial charge in [0, 0.05) is 12.1 Å². The summed E-state index contributed by atoms with van der Waals surface area (Å²) in [5, 5.41) is 13.0. The van der Waals surface area contributed by atoms with Crippen molar-refractivity contribution in [2.24, 2.45) is 0 Å². The van der Waals surface area contributed by atoms with Crippen molar-refractivity contribution in [2.45, 2.75) is 6.92 Å². The molecule has 1 aromatic carbocycles. The number of anilines is 1. The lowest BCUT2D eigenvalue weighted by Gasteiger charge is -2.09. The Morgan fingerprint density at radius 2 is 2.05 bits per heavy atom. The van der Waals surface area contributed by atoms with Crippen LogP contribution in [0.4, 0.5) is 5.82 Å². The molecular weight excluding hydrogens is 281 g/mol. The van der Waals surface area contributed by atoms with E-state index in [1.165, 1.54) is 0 Å². The molecular formula is C14H11Cl2N3. The maximum absolute atomic E-state index is 9.03. The van der Waals surface area contributed by atoms with Gasteiger partial charge in [0.2, 0.25) is 0 Å². The van der Waals surface area contributed by atoms with Crippen LogP contribution in [0.5, 0.6) is 0 Å². The highest BCUT2D eigenvalue weighted by molar-refractivity contribution is 6.43. The van der Waals surface area contributed by atoms with E-state index >= 15 is 0 Å². The molecule has 1 aromatic heterocycles. The van der Waals surface area contributed by atoms with Gasteiger partial charge in [-0.05, 0) is 25.1 Å². The molecule has 0 fully saturated rings. The second-order valence-electron chi connectivity index (χ2n) is 3.84. The van der Waals surface area contributed by atoms with Crippen LogP contribution >= 0.6 is 23.2 Å². The van der Waals surface area contributed by atoms with E-state index in [0.29, 0.717) is 33.7 Å². The molecule has 0 aliphatic carbocycles. The fraction of sp³-hybridized carbons (Fsp3) is 0.143.